The predicted octanol–water partition coefficient (Wildman–Crippen LogP) is 4.44. The largest absolute Gasteiger partial charge is 0.310 e. The molecule has 0 aliphatic carbocycles. The van der Waals surface area contributed by atoms with Crippen LogP contribution in [0.3, 0.4) is 0 Å². The molecule has 0 amide bonds. The number of nitrogens with one attached hydrogen (secondary N) is 1. The van der Waals surface area contributed by atoms with Crippen molar-refractivity contribution in [1.29, 1.82) is 0 Å². The lowest BCUT2D eigenvalue weighted by molar-refractivity contribution is 0.114. The molecule has 0 radical (unpaired) electrons. The lowest BCUT2D eigenvalue weighted by Crippen LogP contribution is -2.45. The standard InChI is InChI=1S/C17H38N2/c1-9-14-19(10-2)17(7,8)13-11-12-15(3)18-16(4,5)6/h15,18H,9-14H2,1-8H3. The summed E-state index contributed by atoms with van der Waals surface area (Å²) in [4.78, 5) is 2.62. The Balaban J connectivity index is 4.10. The molecule has 0 aromatic heterocycles. The molecule has 1 atom stereocenters. The fraction of sp³-hybridized carbons (Fsp3) is 1.00. The summed E-state index contributed by atoms with van der Waals surface area (Å²) in [6.45, 7) is 20.8. The summed E-state index contributed by atoms with van der Waals surface area (Å²) in [6.07, 6.45) is 5.11. The molecule has 0 aromatic carbocycles. The maximum absolute atomic E-state index is 3.66. The van der Waals surface area contributed by atoms with E-state index < -0.39 is 0 Å². The third-order valence-corrected chi connectivity index (χ3v) is 3.84. The van der Waals surface area contributed by atoms with Crippen LogP contribution in [-0.4, -0.2) is 35.1 Å². The van der Waals surface area contributed by atoms with Crippen molar-refractivity contribution in [3.05, 3.63) is 0 Å². The summed E-state index contributed by atoms with van der Waals surface area (Å²) in [5.74, 6) is 0. The second-order valence-corrected chi connectivity index (χ2v) is 7.58. The highest BCUT2D eigenvalue weighted by Gasteiger charge is 2.24. The topological polar surface area (TPSA) is 15.3 Å². The Kier molecular flexibility index (Phi) is 8.23. The van der Waals surface area contributed by atoms with Crippen LogP contribution in [0, 0.1) is 0 Å². The van der Waals surface area contributed by atoms with Crippen LogP contribution in [0.25, 0.3) is 0 Å². The van der Waals surface area contributed by atoms with Crippen molar-refractivity contribution in [3.8, 4) is 0 Å². The van der Waals surface area contributed by atoms with Crippen LogP contribution in [0.4, 0.5) is 0 Å². The van der Waals surface area contributed by atoms with Gasteiger partial charge in [-0.25, -0.2) is 0 Å². The van der Waals surface area contributed by atoms with E-state index >= 15 is 0 Å². The molecule has 1 unspecified atom stereocenters. The van der Waals surface area contributed by atoms with Crippen LogP contribution >= 0.6 is 0 Å². The highest BCUT2D eigenvalue weighted by atomic mass is 15.2. The molecule has 0 fully saturated rings. The average molecular weight is 271 g/mol. The second kappa shape index (κ2) is 8.26. The highest BCUT2D eigenvalue weighted by molar-refractivity contribution is 4.82. The van der Waals surface area contributed by atoms with Gasteiger partial charge in [-0.15, -0.1) is 0 Å². The molecule has 0 heterocycles. The molecular weight excluding hydrogens is 232 g/mol. The first-order valence-electron chi connectivity index (χ1n) is 8.15. The van der Waals surface area contributed by atoms with E-state index in [0.29, 0.717) is 11.6 Å². The predicted molar refractivity (Wildman–Crippen MR) is 87.8 cm³/mol. The van der Waals surface area contributed by atoms with Crippen LogP contribution in [-0.2, 0) is 0 Å². The van der Waals surface area contributed by atoms with Gasteiger partial charge in [-0.2, -0.15) is 0 Å². The molecule has 0 spiro atoms. The molecule has 19 heavy (non-hydrogen) atoms. The van der Waals surface area contributed by atoms with Gasteiger partial charge < -0.3 is 5.32 Å². The van der Waals surface area contributed by atoms with Crippen molar-refractivity contribution in [2.24, 2.45) is 0 Å². The van der Waals surface area contributed by atoms with Crippen molar-refractivity contribution in [3.63, 3.8) is 0 Å². The van der Waals surface area contributed by atoms with E-state index in [1.54, 1.807) is 0 Å². The van der Waals surface area contributed by atoms with Crippen molar-refractivity contribution < 1.29 is 0 Å². The van der Waals surface area contributed by atoms with Crippen molar-refractivity contribution in [2.75, 3.05) is 13.1 Å². The molecule has 0 aliphatic rings. The minimum atomic E-state index is 0.229. The van der Waals surface area contributed by atoms with Crippen molar-refractivity contribution in [1.82, 2.24) is 10.2 Å². The first-order valence-corrected chi connectivity index (χ1v) is 8.15. The summed E-state index contributed by atoms with van der Waals surface area (Å²) < 4.78 is 0. The van der Waals surface area contributed by atoms with Gasteiger partial charge in [0.25, 0.3) is 0 Å². The number of rotatable bonds is 9. The maximum atomic E-state index is 3.66. The Hall–Kier alpha value is -0.0800. The lowest BCUT2D eigenvalue weighted by Gasteiger charge is -2.38. The van der Waals surface area contributed by atoms with E-state index in [4.69, 9.17) is 0 Å². The van der Waals surface area contributed by atoms with Gasteiger partial charge in [0.05, 0.1) is 0 Å². The van der Waals surface area contributed by atoms with Crippen LogP contribution in [0.15, 0.2) is 0 Å². The SMILES string of the molecule is CCCN(CC)C(C)(C)CCCC(C)NC(C)(C)C. The van der Waals surface area contributed by atoms with Gasteiger partial charge in [0.1, 0.15) is 0 Å². The van der Waals surface area contributed by atoms with Gasteiger partial charge >= 0.3 is 0 Å². The van der Waals surface area contributed by atoms with E-state index in [1.807, 2.05) is 0 Å². The smallest absolute Gasteiger partial charge is 0.0153 e. The Morgan fingerprint density at radius 3 is 2.05 bits per heavy atom. The third kappa shape index (κ3) is 8.65. The monoisotopic (exact) mass is 270 g/mol. The summed E-state index contributed by atoms with van der Waals surface area (Å²) in [6, 6.07) is 0.608. The molecule has 0 bridgehead atoms. The molecule has 116 valence electrons. The molecular formula is C17H38N2. The zero-order valence-corrected chi connectivity index (χ0v) is 14.8. The molecule has 1 N–H and O–H groups in total. The Morgan fingerprint density at radius 2 is 1.63 bits per heavy atom. The fourth-order valence-corrected chi connectivity index (χ4v) is 2.97. The quantitative estimate of drug-likeness (QED) is 0.666. The van der Waals surface area contributed by atoms with E-state index in [2.05, 4.69) is 65.6 Å². The van der Waals surface area contributed by atoms with Crippen molar-refractivity contribution >= 4 is 0 Å². The molecule has 0 aromatic rings. The van der Waals surface area contributed by atoms with Crippen LogP contribution in [0.5, 0.6) is 0 Å². The summed E-state index contributed by atoms with van der Waals surface area (Å²) in [5.41, 5.74) is 0.568. The summed E-state index contributed by atoms with van der Waals surface area (Å²) >= 11 is 0. The number of hydrogen-bond donors (Lipinski definition) is 1. The molecule has 0 aliphatic heterocycles. The Labute approximate surface area is 122 Å². The molecule has 2 heteroatoms. The van der Waals surface area contributed by atoms with Gasteiger partial charge in [0, 0.05) is 17.1 Å². The number of nitrogens with zero attached hydrogens (tertiary/aromatic N) is 1. The van der Waals surface area contributed by atoms with Gasteiger partial charge in [-0.3, -0.25) is 4.90 Å². The van der Waals surface area contributed by atoms with E-state index in [0.717, 1.165) is 6.54 Å². The normalized spacial score (nSPS) is 15.0. The molecule has 0 rings (SSSR count). The third-order valence-electron chi connectivity index (χ3n) is 3.84. The van der Waals surface area contributed by atoms with Crippen LogP contribution in [0.2, 0.25) is 0 Å². The molecule has 0 saturated heterocycles. The fourth-order valence-electron chi connectivity index (χ4n) is 2.97. The van der Waals surface area contributed by atoms with E-state index in [1.165, 1.54) is 32.2 Å². The molecule has 0 saturated carbocycles. The van der Waals surface area contributed by atoms with Gasteiger partial charge in [0.15, 0.2) is 0 Å². The van der Waals surface area contributed by atoms with Gasteiger partial charge in [-0.1, -0.05) is 20.3 Å². The van der Waals surface area contributed by atoms with E-state index in [-0.39, 0.29) is 5.54 Å². The van der Waals surface area contributed by atoms with Crippen LogP contribution < -0.4 is 5.32 Å². The highest BCUT2D eigenvalue weighted by Crippen LogP contribution is 2.22. The zero-order valence-electron chi connectivity index (χ0n) is 14.8. The Bertz CT molecular complexity index is 228. The van der Waals surface area contributed by atoms with Crippen LogP contribution in [0.1, 0.15) is 81.1 Å². The maximum Gasteiger partial charge on any atom is 0.0153 e. The van der Waals surface area contributed by atoms with Gasteiger partial charge in [-0.05, 0) is 73.9 Å². The van der Waals surface area contributed by atoms with Crippen molar-refractivity contribution in [2.45, 2.75) is 98.2 Å². The average Bonchev–Trinajstić information content (AvgIpc) is 2.22. The summed E-state index contributed by atoms with van der Waals surface area (Å²) in [5, 5.41) is 3.66. The first kappa shape index (κ1) is 18.9. The minimum absolute atomic E-state index is 0.229. The van der Waals surface area contributed by atoms with E-state index in [9.17, 15) is 0 Å². The zero-order chi connectivity index (χ0) is 15.1. The van der Waals surface area contributed by atoms with Gasteiger partial charge in [0.2, 0.25) is 0 Å². The minimum Gasteiger partial charge on any atom is -0.310 e. The first-order chi connectivity index (χ1) is 8.62. The lowest BCUT2D eigenvalue weighted by atomic mass is 9.93. The summed E-state index contributed by atoms with van der Waals surface area (Å²) in [7, 11) is 0. The second-order valence-electron chi connectivity index (χ2n) is 7.58. The Morgan fingerprint density at radius 1 is 1.05 bits per heavy atom. The molecule has 2 nitrogen and oxygen atoms in total. The number of hydrogen-bond acceptors (Lipinski definition) is 2.